The second kappa shape index (κ2) is 4.83. The molecule has 0 aromatic heterocycles. The van der Waals surface area contributed by atoms with Crippen LogP contribution in [0.1, 0.15) is 6.92 Å². The highest BCUT2D eigenvalue weighted by atomic mass is 32.2. The van der Waals surface area contributed by atoms with Crippen molar-refractivity contribution in [3.8, 4) is 0 Å². The van der Waals surface area contributed by atoms with E-state index in [2.05, 4.69) is 0 Å². The molecule has 76 valence electrons. The third kappa shape index (κ3) is 2.86. The van der Waals surface area contributed by atoms with Crippen LogP contribution in [0, 0.1) is 0 Å². The average Bonchev–Trinajstić information content (AvgIpc) is 2.04. The summed E-state index contributed by atoms with van der Waals surface area (Å²) in [5.41, 5.74) is 0. The van der Waals surface area contributed by atoms with Crippen LogP contribution in [0.15, 0.2) is 0 Å². The average molecular weight is 205 g/mol. The molecule has 0 unspecified atom stereocenters. The molecule has 1 fully saturated rings. The standard InChI is InChI=1S/C8H15NO3S/c1-6(10)7(8(11)12)9-2-4-13-5-3-9/h6-7,10H,2-5H2,1H3,(H,11,12)/t6-,7+/m1/s1. The van der Waals surface area contributed by atoms with Crippen LogP contribution in [0.4, 0.5) is 0 Å². The van der Waals surface area contributed by atoms with Crippen LogP contribution in [0.2, 0.25) is 0 Å². The summed E-state index contributed by atoms with van der Waals surface area (Å²) in [6.07, 6.45) is -0.805. The highest BCUT2D eigenvalue weighted by Gasteiger charge is 2.30. The molecule has 0 aromatic rings. The predicted molar refractivity (Wildman–Crippen MR) is 52.0 cm³/mol. The van der Waals surface area contributed by atoms with E-state index in [1.807, 2.05) is 16.7 Å². The third-order valence-corrected chi connectivity index (χ3v) is 3.09. The molecule has 0 aliphatic carbocycles. The van der Waals surface area contributed by atoms with E-state index in [9.17, 15) is 9.90 Å². The van der Waals surface area contributed by atoms with Gasteiger partial charge in [-0.2, -0.15) is 11.8 Å². The predicted octanol–water partition coefficient (Wildman–Crippen LogP) is -0.131. The molecule has 1 aliphatic rings. The molecule has 1 saturated heterocycles. The van der Waals surface area contributed by atoms with Crippen LogP contribution >= 0.6 is 11.8 Å². The van der Waals surface area contributed by atoms with Crippen molar-refractivity contribution in [2.24, 2.45) is 0 Å². The van der Waals surface area contributed by atoms with Gasteiger partial charge in [0, 0.05) is 24.6 Å². The van der Waals surface area contributed by atoms with Gasteiger partial charge in [0.15, 0.2) is 0 Å². The highest BCUT2D eigenvalue weighted by Crippen LogP contribution is 2.14. The molecule has 0 bridgehead atoms. The molecule has 2 atom stereocenters. The summed E-state index contributed by atoms with van der Waals surface area (Å²) < 4.78 is 0. The maximum absolute atomic E-state index is 10.8. The lowest BCUT2D eigenvalue weighted by Gasteiger charge is -2.33. The first-order valence-corrected chi connectivity index (χ1v) is 5.51. The van der Waals surface area contributed by atoms with E-state index in [-0.39, 0.29) is 0 Å². The van der Waals surface area contributed by atoms with Gasteiger partial charge in [-0.1, -0.05) is 0 Å². The Bertz CT molecular complexity index is 180. The first-order chi connectivity index (χ1) is 6.13. The monoisotopic (exact) mass is 205 g/mol. The molecule has 0 aromatic carbocycles. The summed E-state index contributed by atoms with van der Waals surface area (Å²) in [5, 5.41) is 18.2. The minimum atomic E-state index is -0.929. The normalized spacial score (nSPS) is 23.8. The van der Waals surface area contributed by atoms with Crippen LogP contribution in [0.5, 0.6) is 0 Å². The Balaban J connectivity index is 2.57. The maximum atomic E-state index is 10.8. The summed E-state index contributed by atoms with van der Waals surface area (Å²) >= 11 is 1.82. The number of aliphatic hydroxyl groups excluding tert-OH is 1. The fraction of sp³-hybridized carbons (Fsp3) is 0.875. The van der Waals surface area contributed by atoms with Gasteiger partial charge >= 0.3 is 5.97 Å². The smallest absolute Gasteiger partial charge is 0.323 e. The van der Waals surface area contributed by atoms with Gasteiger partial charge in [0.2, 0.25) is 0 Å². The van der Waals surface area contributed by atoms with E-state index >= 15 is 0 Å². The second-order valence-electron chi connectivity index (χ2n) is 3.17. The zero-order valence-corrected chi connectivity index (χ0v) is 8.46. The number of aliphatic hydroxyl groups is 1. The fourth-order valence-corrected chi connectivity index (χ4v) is 2.45. The van der Waals surface area contributed by atoms with Crippen LogP contribution in [0.25, 0.3) is 0 Å². The molecule has 5 heteroatoms. The first-order valence-electron chi connectivity index (χ1n) is 4.35. The zero-order chi connectivity index (χ0) is 9.84. The number of rotatable bonds is 3. The lowest BCUT2D eigenvalue weighted by Crippen LogP contribution is -2.51. The molecular weight excluding hydrogens is 190 g/mol. The Hall–Kier alpha value is -0.260. The van der Waals surface area contributed by atoms with Gasteiger partial charge in [0.05, 0.1) is 6.10 Å². The lowest BCUT2D eigenvalue weighted by atomic mass is 10.1. The van der Waals surface area contributed by atoms with E-state index in [1.165, 1.54) is 6.92 Å². The SMILES string of the molecule is C[C@@H](O)[C@@H](C(=O)O)N1CCSCC1. The summed E-state index contributed by atoms with van der Waals surface area (Å²) in [6.45, 7) is 3.04. The van der Waals surface area contributed by atoms with Crippen LogP contribution < -0.4 is 0 Å². The molecule has 1 aliphatic heterocycles. The second-order valence-corrected chi connectivity index (χ2v) is 4.40. The van der Waals surface area contributed by atoms with Crippen molar-refractivity contribution in [3.05, 3.63) is 0 Å². The van der Waals surface area contributed by atoms with E-state index in [0.29, 0.717) is 0 Å². The first kappa shape index (κ1) is 10.8. The largest absolute Gasteiger partial charge is 0.480 e. The molecule has 4 nitrogen and oxygen atoms in total. The van der Waals surface area contributed by atoms with Gasteiger partial charge in [-0.3, -0.25) is 9.69 Å². The highest BCUT2D eigenvalue weighted by molar-refractivity contribution is 7.99. The Labute approximate surface area is 81.9 Å². The summed E-state index contributed by atoms with van der Waals surface area (Å²) in [6, 6.07) is -0.735. The number of hydrogen-bond donors (Lipinski definition) is 2. The molecule has 1 rings (SSSR count). The van der Waals surface area contributed by atoms with E-state index < -0.39 is 18.1 Å². The number of aliphatic carboxylic acids is 1. The zero-order valence-electron chi connectivity index (χ0n) is 7.64. The summed E-state index contributed by atoms with van der Waals surface area (Å²) in [7, 11) is 0. The number of carboxylic acid groups (broad SMARTS) is 1. The Morgan fingerprint density at radius 2 is 2.00 bits per heavy atom. The lowest BCUT2D eigenvalue weighted by molar-refractivity contribution is -0.147. The summed E-state index contributed by atoms with van der Waals surface area (Å²) in [5.74, 6) is 0.981. The quantitative estimate of drug-likeness (QED) is 0.672. The van der Waals surface area contributed by atoms with Crippen LogP contribution in [-0.4, -0.2) is 57.8 Å². The fourth-order valence-electron chi connectivity index (χ4n) is 1.52. The number of hydrogen-bond acceptors (Lipinski definition) is 4. The van der Waals surface area contributed by atoms with Crippen LogP contribution in [-0.2, 0) is 4.79 Å². The van der Waals surface area contributed by atoms with Gasteiger partial charge in [-0.25, -0.2) is 0 Å². The van der Waals surface area contributed by atoms with Crippen LogP contribution in [0.3, 0.4) is 0 Å². The number of nitrogens with zero attached hydrogens (tertiary/aromatic N) is 1. The number of carbonyl (C=O) groups is 1. The van der Waals surface area contributed by atoms with Gasteiger partial charge in [-0.15, -0.1) is 0 Å². The van der Waals surface area contributed by atoms with Gasteiger partial charge in [0.25, 0.3) is 0 Å². The number of thioether (sulfide) groups is 1. The van der Waals surface area contributed by atoms with Gasteiger partial charge in [-0.05, 0) is 6.92 Å². The Morgan fingerprint density at radius 3 is 2.38 bits per heavy atom. The van der Waals surface area contributed by atoms with E-state index in [1.54, 1.807) is 0 Å². The minimum absolute atomic E-state index is 0.735. The molecule has 0 saturated carbocycles. The van der Waals surface area contributed by atoms with E-state index in [4.69, 9.17) is 5.11 Å². The van der Waals surface area contributed by atoms with Crippen molar-refractivity contribution in [1.82, 2.24) is 4.90 Å². The molecule has 13 heavy (non-hydrogen) atoms. The van der Waals surface area contributed by atoms with Crippen molar-refractivity contribution in [2.45, 2.75) is 19.1 Å². The molecule has 0 spiro atoms. The molecule has 1 heterocycles. The Kier molecular flexibility index (Phi) is 4.02. The number of carboxylic acids is 1. The molecule has 0 amide bonds. The Morgan fingerprint density at radius 1 is 1.46 bits per heavy atom. The topological polar surface area (TPSA) is 60.8 Å². The van der Waals surface area contributed by atoms with Crippen molar-refractivity contribution in [3.63, 3.8) is 0 Å². The molecule has 0 radical (unpaired) electrons. The third-order valence-electron chi connectivity index (χ3n) is 2.15. The van der Waals surface area contributed by atoms with Crippen molar-refractivity contribution < 1.29 is 15.0 Å². The molecule has 2 N–H and O–H groups in total. The van der Waals surface area contributed by atoms with Crippen molar-refractivity contribution >= 4 is 17.7 Å². The van der Waals surface area contributed by atoms with Crippen molar-refractivity contribution in [2.75, 3.05) is 24.6 Å². The van der Waals surface area contributed by atoms with Gasteiger partial charge in [0.1, 0.15) is 6.04 Å². The van der Waals surface area contributed by atoms with Crippen molar-refractivity contribution in [1.29, 1.82) is 0 Å². The summed E-state index contributed by atoms with van der Waals surface area (Å²) in [4.78, 5) is 12.7. The van der Waals surface area contributed by atoms with E-state index in [0.717, 1.165) is 24.6 Å². The maximum Gasteiger partial charge on any atom is 0.323 e. The van der Waals surface area contributed by atoms with Gasteiger partial charge < -0.3 is 10.2 Å². The minimum Gasteiger partial charge on any atom is -0.480 e. The molecular formula is C8H15NO3S.